The van der Waals surface area contributed by atoms with Crippen molar-refractivity contribution in [3.05, 3.63) is 35.8 Å². The Hall–Kier alpha value is -2.21. The lowest BCUT2D eigenvalue weighted by Gasteiger charge is -2.66. The Bertz CT molecular complexity index is 1130. The van der Waals surface area contributed by atoms with Crippen LogP contribution in [0.3, 0.4) is 0 Å². The molecular weight excluding hydrogens is 432 g/mol. The minimum absolute atomic E-state index is 0.0328. The van der Waals surface area contributed by atoms with Crippen LogP contribution in [-0.2, 0) is 23.9 Å². The number of esters is 1. The standard InChI is InChI=1S/C28H34O6/c1-14(29)33-20-12-18-25(2,3)23(31)22-24(34-22)28(18,6)17-7-9-26(4)19(27(17,20)5)11-16(30)21(26)15-8-10-32-13-15/h8,10-11,13,17-18,20-22,24H,7,9,12H2,1-6H3/t17-,18-,20+,21+,22-,24-,26+,27+,28+/m0/s1. The molecule has 4 fully saturated rings. The van der Waals surface area contributed by atoms with Gasteiger partial charge in [-0.3, -0.25) is 14.4 Å². The minimum atomic E-state index is -0.563. The van der Waals surface area contributed by atoms with Crippen LogP contribution in [0.4, 0.5) is 0 Å². The normalized spacial score (nSPS) is 48.2. The number of carbonyl (C=O) groups excluding carboxylic acids is 3. The number of hydrogen-bond donors (Lipinski definition) is 0. The topological polar surface area (TPSA) is 86.1 Å². The fourth-order valence-corrected chi connectivity index (χ4v) is 9.29. The van der Waals surface area contributed by atoms with Crippen molar-refractivity contribution in [3.8, 4) is 0 Å². The molecule has 34 heavy (non-hydrogen) atoms. The van der Waals surface area contributed by atoms with E-state index in [1.165, 1.54) is 6.92 Å². The van der Waals surface area contributed by atoms with E-state index in [-0.39, 0.29) is 58.3 Å². The van der Waals surface area contributed by atoms with Gasteiger partial charge in [0.15, 0.2) is 11.6 Å². The van der Waals surface area contributed by atoms with Gasteiger partial charge in [0.1, 0.15) is 12.2 Å². The van der Waals surface area contributed by atoms with Crippen molar-refractivity contribution in [2.24, 2.45) is 33.5 Å². The minimum Gasteiger partial charge on any atom is -0.472 e. The lowest BCUT2D eigenvalue weighted by atomic mass is 9.37. The van der Waals surface area contributed by atoms with E-state index in [9.17, 15) is 14.4 Å². The highest BCUT2D eigenvalue weighted by Gasteiger charge is 2.77. The molecule has 6 nitrogen and oxygen atoms in total. The molecule has 4 aliphatic carbocycles. The van der Waals surface area contributed by atoms with E-state index in [1.807, 2.05) is 26.0 Å². The maximum atomic E-state index is 13.5. The highest BCUT2D eigenvalue weighted by molar-refractivity contribution is 6.01. The summed E-state index contributed by atoms with van der Waals surface area (Å²) in [6.45, 7) is 12.2. The molecule has 5 aliphatic rings. The largest absolute Gasteiger partial charge is 0.472 e. The quantitative estimate of drug-likeness (QED) is 0.467. The summed E-state index contributed by atoms with van der Waals surface area (Å²) < 4.78 is 17.5. The molecule has 6 heteroatoms. The predicted octanol–water partition coefficient (Wildman–Crippen LogP) is 4.63. The Labute approximate surface area is 200 Å². The van der Waals surface area contributed by atoms with Gasteiger partial charge in [-0.2, -0.15) is 0 Å². The molecule has 0 radical (unpaired) electrons. The Morgan fingerprint density at radius 1 is 1.12 bits per heavy atom. The SMILES string of the molecule is CC(=O)O[C@@H]1C[C@H]2C(C)(C)C(=O)[C@@H]3O[C@@H]3[C@]2(C)[C@H]2CC[C@]3(C)C(=CC(=O)[C@H]3c3ccoc3)[C@]12C. The maximum Gasteiger partial charge on any atom is 0.302 e. The fraction of sp³-hybridized carbons (Fsp3) is 0.679. The summed E-state index contributed by atoms with van der Waals surface area (Å²) in [6, 6.07) is 1.89. The molecule has 1 saturated heterocycles. The highest BCUT2D eigenvalue weighted by atomic mass is 16.6. The van der Waals surface area contributed by atoms with Crippen molar-refractivity contribution in [2.45, 2.75) is 85.0 Å². The number of furan rings is 1. The lowest BCUT2D eigenvalue weighted by Crippen LogP contribution is -2.67. The number of epoxide rings is 1. The van der Waals surface area contributed by atoms with Crippen LogP contribution < -0.4 is 0 Å². The summed E-state index contributed by atoms with van der Waals surface area (Å²) in [5, 5.41) is 0. The number of ketones is 2. The molecule has 2 heterocycles. The second kappa shape index (κ2) is 6.51. The van der Waals surface area contributed by atoms with Crippen molar-refractivity contribution >= 4 is 17.5 Å². The first-order valence-corrected chi connectivity index (χ1v) is 12.5. The first-order valence-electron chi connectivity index (χ1n) is 12.5. The monoisotopic (exact) mass is 466 g/mol. The number of Topliss-reactive ketones (excluding diaryl/α,β-unsaturated/α-hetero) is 1. The van der Waals surface area contributed by atoms with Crippen LogP contribution >= 0.6 is 0 Å². The van der Waals surface area contributed by atoms with Gasteiger partial charge in [0.05, 0.1) is 24.5 Å². The summed E-state index contributed by atoms with van der Waals surface area (Å²) in [5.74, 6) is -0.198. The maximum absolute atomic E-state index is 13.5. The van der Waals surface area contributed by atoms with Gasteiger partial charge in [-0.15, -0.1) is 0 Å². The van der Waals surface area contributed by atoms with E-state index in [0.717, 1.165) is 24.0 Å². The van der Waals surface area contributed by atoms with Crippen molar-refractivity contribution in [2.75, 3.05) is 0 Å². The Balaban J connectivity index is 1.51. The second-order valence-electron chi connectivity index (χ2n) is 12.6. The van der Waals surface area contributed by atoms with Gasteiger partial charge in [0, 0.05) is 34.1 Å². The molecule has 9 atom stereocenters. The molecule has 182 valence electrons. The van der Waals surface area contributed by atoms with E-state index >= 15 is 0 Å². The molecule has 0 amide bonds. The Kier molecular flexibility index (Phi) is 4.26. The van der Waals surface area contributed by atoms with Gasteiger partial charge in [-0.1, -0.05) is 34.6 Å². The van der Waals surface area contributed by atoms with Gasteiger partial charge in [-0.25, -0.2) is 0 Å². The molecule has 6 rings (SSSR count). The number of rotatable bonds is 2. The first kappa shape index (κ1) is 22.3. The molecule has 0 bridgehead atoms. The van der Waals surface area contributed by atoms with E-state index in [2.05, 4.69) is 20.8 Å². The second-order valence-corrected chi connectivity index (χ2v) is 12.6. The van der Waals surface area contributed by atoms with Crippen molar-refractivity contribution < 1.29 is 28.3 Å². The third kappa shape index (κ3) is 2.43. The number of ether oxygens (including phenoxy) is 2. The number of hydrogen-bond acceptors (Lipinski definition) is 6. The number of fused-ring (bicyclic) bond motifs is 7. The lowest BCUT2D eigenvalue weighted by molar-refractivity contribution is -0.201. The molecule has 1 aliphatic heterocycles. The van der Waals surface area contributed by atoms with Gasteiger partial charge >= 0.3 is 5.97 Å². The van der Waals surface area contributed by atoms with Crippen LogP contribution in [0.25, 0.3) is 0 Å². The predicted molar refractivity (Wildman–Crippen MR) is 123 cm³/mol. The average molecular weight is 467 g/mol. The van der Waals surface area contributed by atoms with Crippen LogP contribution in [0.5, 0.6) is 0 Å². The number of carbonyl (C=O) groups is 3. The molecule has 0 unspecified atom stereocenters. The molecule has 1 aromatic heterocycles. The van der Waals surface area contributed by atoms with Gasteiger partial charge in [0.25, 0.3) is 0 Å². The molecule has 1 aromatic rings. The van der Waals surface area contributed by atoms with Crippen LogP contribution in [0.1, 0.15) is 72.3 Å². The first-order chi connectivity index (χ1) is 15.9. The van der Waals surface area contributed by atoms with E-state index in [4.69, 9.17) is 13.9 Å². The average Bonchev–Trinajstić information content (AvgIpc) is 3.30. The summed E-state index contributed by atoms with van der Waals surface area (Å²) >= 11 is 0. The zero-order valence-electron chi connectivity index (χ0n) is 20.8. The molecular formula is C28H34O6. The fourth-order valence-electron chi connectivity index (χ4n) is 9.29. The smallest absolute Gasteiger partial charge is 0.302 e. The highest BCUT2D eigenvalue weighted by Crippen LogP contribution is 2.75. The zero-order valence-corrected chi connectivity index (χ0v) is 20.8. The van der Waals surface area contributed by atoms with Crippen LogP contribution in [-0.4, -0.2) is 35.8 Å². The third-order valence-corrected chi connectivity index (χ3v) is 10.8. The Morgan fingerprint density at radius 2 is 1.85 bits per heavy atom. The van der Waals surface area contributed by atoms with Crippen LogP contribution in [0.2, 0.25) is 0 Å². The molecule has 3 saturated carbocycles. The third-order valence-electron chi connectivity index (χ3n) is 10.8. The van der Waals surface area contributed by atoms with Gasteiger partial charge in [-0.05, 0) is 48.8 Å². The zero-order chi connectivity index (χ0) is 24.4. The number of allylic oxidation sites excluding steroid dienone is 1. The van der Waals surface area contributed by atoms with Gasteiger partial charge < -0.3 is 13.9 Å². The van der Waals surface area contributed by atoms with Crippen molar-refractivity contribution in [1.82, 2.24) is 0 Å². The Morgan fingerprint density at radius 3 is 2.50 bits per heavy atom. The molecule has 0 aromatic carbocycles. The van der Waals surface area contributed by atoms with Crippen molar-refractivity contribution in [3.63, 3.8) is 0 Å². The van der Waals surface area contributed by atoms with E-state index < -0.39 is 16.9 Å². The summed E-state index contributed by atoms with van der Waals surface area (Å²) in [6.07, 6.45) is 6.62. The van der Waals surface area contributed by atoms with Crippen LogP contribution in [0, 0.1) is 33.5 Å². The van der Waals surface area contributed by atoms with E-state index in [0.29, 0.717) is 6.42 Å². The molecule has 0 spiro atoms. The summed E-state index contributed by atoms with van der Waals surface area (Å²) in [5.41, 5.74) is 0.284. The van der Waals surface area contributed by atoms with Crippen LogP contribution in [0.15, 0.2) is 34.7 Å². The molecule has 0 N–H and O–H groups in total. The van der Waals surface area contributed by atoms with E-state index in [1.54, 1.807) is 12.5 Å². The van der Waals surface area contributed by atoms with Gasteiger partial charge in [0.2, 0.25) is 0 Å². The summed E-state index contributed by atoms with van der Waals surface area (Å²) in [7, 11) is 0. The van der Waals surface area contributed by atoms with Crippen molar-refractivity contribution in [1.29, 1.82) is 0 Å². The summed E-state index contributed by atoms with van der Waals surface area (Å²) in [4.78, 5) is 39.0.